The summed E-state index contributed by atoms with van der Waals surface area (Å²) in [5.41, 5.74) is -0.403. The molecule has 0 radical (unpaired) electrons. The molecule has 10 nitrogen and oxygen atoms in total. The second-order valence-corrected chi connectivity index (χ2v) is 10.4. The first-order valence-electron chi connectivity index (χ1n) is 12.2. The molecule has 2 aliphatic rings. The van der Waals surface area contributed by atoms with Crippen LogP contribution in [-0.2, 0) is 15.7 Å². The van der Waals surface area contributed by atoms with E-state index in [1.54, 1.807) is 13.1 Å². The van der Waals surface area contributed by atoms with E-state index in [1.807, 2.05) is 30.6 Å². The number of rotatable bonds is 7. The lowest BCUT2D eigenvalue weighted by molar-refractivity contribution is -0.141. The van der Waals surface area contributed by atoms with Gasteiger partial charge in [-0.1, -0.05) is 13.8 Å². The first kappa shape index (κ1) is 26.8. The van der Waals surface area contributed by atoms with Crippen LogP contribution in [0.2, 0.25) is 0 Å². The van der Waals surface area contributed by atoms with Crippen LogP contribution >= 0.6 is 0 Å². The number of ether oxygens (including phenoxy) is 1. The number of nitrogens with zero attached hydrogens (tertiary/aromatic N) is 5. The van der Waals surface area contributed by atoms with Crippen molar-refractivity contribution in [3.05, 3.63) is 40.1 Å². The van der Waals surface area contributed by atoms with Gasteiger partial charge in [-0.25, -0.2) is 15.1 Å². The highest BCUT2D eigenvalue weighted by atomic mass is 19.4. The molecule has 2 aromatic heterocycles. The number of aromatic amines is 1. The van der Waals surface area contributed by atoms with Crippen molar-refractivity contribution in [3.8, 4) is 0 Å². The van der Waals surface area contributed by atoms with Crippen LogP contribution in [-0.4, -0.2) is 75.4 Å². The Balaban J connectivity index is 1.32. The van der Waals surface area contributed by atoms with E-state index in [1.165, 1.54) is 0 Å². The average molecular weight is 524 g/mol. The van der Waals surface area contributed by atoms with Gasteiger partial charge in [0, 0.05) is 55.1 Å². The molecule has 0 spiro atoms. The molecule has 37 heavy (non-hydrogen) atoms. The molecule has 4 heterocycles. The number of carbonyl (C=O) groups excluding carboxylic acids is 1. The van der Waals surface area contributed by atoms with E-state index in [2.05, 4.69) is 25.5 Å². The summed E-state index contributed by atoms with van der Waals surface area (Å²) in [6.07, 6.45) is -0.623. The van der Waals surface area contributed by atoms with Crippen LogP contribution in [0.15, 0.2) is 23.4 Å². The Morgan fingerprint density at radius 3 is 2.46 bits per heavy atom. The SMILES string of the molecule is Cc1c(N[C@@H](C)CO[C@@H]2C(=O)N(C3CCN(c4ncc(C(F)(F)F)cn4)CC3)CC2(C)C)cn[nH]c1=O. The van der Waals surface area contributed by atoms with E-state index in [0.717, 1.165) is 12.4 Å². The van der Waals surface area contributed by atoms with Gasteiger partial charge < -0.3 is 19.9 Å². The van der Waals surface area contributed by atoms with Gasteiger partial charge in [0.15, 0.2) is 0 Å². The molecule has 2 atom stereocenters. The second kappa shape index (κ2) is 10.3. The first-order chi connectivity index (χ1) is 17.4. The molecular weight excluding hydrogens is 491 g/mol. The smallest absolute Gasteiger partial charge is 0.379 e. The van der Waals surface area contributed by atoms with Gasteiger partial charge in [-0.2, -0.15) is 18.3 Å². The maximum atomic E-state index is 13.4. The van der Waals surface area contributed by atoms with Gasteiger partial charge in [0.2, 0.25) is 5.95 Å². The highest BCUT2D eigenvalue weighted by Gasteiger charge is 2.49. The summed E-state index contributed by atoms with van der Waals surface area (Å²) in [5.74, 6) is 0.198. The van der Waals surface area contributed by atoms with Crippen LogP contribution in [0.4, 0.5) is 24.8 Å². The molecule has 0 bridgehead atoms. The summed E-state index contributed by atoms with van der Waals surface area (Å²) in [6, 6.07) is -0.154. The van der Waals surface area contributed by atoms with Crippen molar-refractivity contribution in [1.29, 1.82) is 0 Å². The monoisotopic (exact) mass is 523 g/mol. The topological polar surface area (TPSA) is 116 Å². The third kappa shape index (κ3) is 5.86. The van der Waals surface area contributed by atoms with Crippen LogP contribution in [0.1, 0.15) is 44.7 Å². The number of H-pyrrole nitrogens is 1. The number of amides is 1. The summed E-state index contributed by atoms with van der Waals surface area (Å²) < 4.78 is 44.5. The normalized spacial score (nSPS) is 21.4. The zero-order valence-corrected chi connectivity index (χ0v) is 21.3. The fourth-order valence-electron chi connectivity index (χ4n) is 4.85. The molecule has 0 aromatic carbocycles. The maximum Gasteiger partial charge on any atom is 0.419 e. The number of nitrogens with one attached hydrogen (secondary N) is 2. The number of aromatic nitrogens is 4. The van der Waals surface area contributed by atoms with Gasteiger partial charge >= 0.3 is 6.18 Å². The van der Waals surface area contributed by atoms with E-state index in [9.17, 15) is 22.8 Å². The zero-order valence-electron chi connectivity index (χ0n) is 21.3. The third-order valence-corrected chi connectivity index (χ3v) is 6.97. The fourth-order valence-corrected chi connectivity index (χ4v) is 4.85. The number of alkyl halides is 3. The van der Waals surface area contributed by atoms with E-state index in [0.29, 0.717) is 43.7 Å². The molecule has 1 amide bonds. The highest BCUT2D eigenvalue weighted by molar-refractivity contribution is 5.84. The minimum atomic E-state index is -4.47. The number of hydrogen-bond acceptors (Lipinski definition) is 8. The molecule has 4 rings (SSSR count). The number of piperidine rings is 1. The van der Waals surface area contributed by atoms with E-state index in [4.69, 9.17) is 4.74 Å². The molecule has 202 valence electrons. The van der Waals surface area contributed by atoms with E-state index >= 15 is 0 Å². The molecule has 0 saturated carbocycles. The lowest BCUT2D eigenvalue weighted by atomic mass is 9.89. The summed E-state index contributed by atoms with van der Waals surface area (Å²) in [4.78, 5) is 36.6. The van der Waals surface area contributed by atoms with Crippen molar-refractivity contribution in [2.24, 2.45) is 5.41 Å². The molecule has 0 aliphatic carbocycles. The lowest BCUT2D eigenvalue weighted by Gasteiger charge is -2.37. The number of carbonyl (C=O) groups is 1. The first-order valence-corrected chi connectivity index (χ1v) is 12.2. The van der Waals surface area contributed by atoms with Crippen LogP contribution in [0.5, 0.6) is 0 Å². The number of likely N-dealkylation sites (tertiary alicyclic amines) is 1. The Labute approximate surface area is 212 Å². The Morgan fingerprint density at radius 1 is 1.19 bits per heavy atom. The molecule has 2 saturated heterocycles. The molecule has 2 N–H and O–H groups in total. The third-order valence-electron chi connectivity index (χ3n) is 6.97. The van der Waals surface area contributed by atoms with E-state index < -0.39 is 23.3 Å². The van der Waals surface area contributed by atoms with Crippen LogP contribution in [0, 0.1) is 12.3 Å². The van der Waals surface area contributed by atoms with E-state index in [-0.39, 0.29) is 36.1 Å². The van der Waals surface area contributed by atoms with Gasteiger partial charge in [0.1, 0.15) is 6.10 Å². The molecule has 2 fully saturated rings. The summed E-state index contributed by atoms with van der Waals surface area (Å²) in [7, 11) is 0. The molecule has 2 aliphatic heterocycles. The minimum Gasteiger partial charge on any atom is -0.379 e. The van der Waals surface area contributed by atoms with Crippen molar-refractivity contribution in [2.75, 3.05) is 36.5 Å². The van der Waals surface area contributed by atoms with Crippen LogP contribution < -0.4 is 15.8 Å². The minimum absolute atomic E-state index is 0.00592. The van der Waals surface area contributed by atoms with Crippen LogP contribution in [0.25, 0.3) is 0 Å². The molecule has 0 unspecified atom stereocenters. The Kier molecular flexibility index (Phi) is 7.45. The predicted octanol–water partition coefficient (Wildman–Crippen LogP) is 2.61. The van der Waals surface area contributed by atoms with Gasteiger partial charge in [-0.15, -0.1) is 0 Å². The lowest BCUT2D eigenvalue weighted by Crippen LogP contribution is -2.47. The summed E-state index contributed by atoms with van der Waals surface area (Å²) in [6.45, 7) is 9.51. The number of halogens is 3. The average Bonchev–Trinajstić information content (AvgIpc) is 3.08. The highest BCUT2D eigenvalue weighted by Crippen LogP contribution is 2.36. The summed E-state index contributed by atoms with van der Waals surface area (Å²) in [5, 5.41) is 9.41. The number of anilines is 2. The molecule has 13 heteroatoms. The Morgan fingerprint density at radius 2 is 1.84 bits per heavy atom. The Bertz CT molecular complexity index is 1160. The van der Waals surface area contributed by atoms with Crippen molar-refractivity contribution in [2.45, 2.75) is 64.9 Å². The molecular formula is C24H32F3N7O3. The molecule has 2 aromatic rings. The summed E-state index contributed by atoms with van der Waals surface area (Å²) >= 11 is 0. The predicted molar refractivity (Wildman–Crippen MR) is 130 cm³/mol. The zero-order chi connectivity index (χ0) is 27.0. The van der Waals surface area contributed by atoms with Crippen molar-refractivity contribution in [1.82, 2.24) is 25.1 Å². The van der Waals surface area contributed by atoms with Crippen molar-refractivity contribution < 1.29 is 22.7 Å². The maximum absolute atomic E-state index is 13.4. The number of hydrogen-bond donors (Lipinski definition) is 2. The second-order valence-electron chi connectivity index (χ2n) is 10.4. The fraction of sp³-hybridized carbons (Fsp3) is 0.625. The standard InChI is InChI=1S/C24H32F3N7O3/c1-14(31-18-11-30-32-20(35)15(18)2)12-37-19-21(36)34(13-23(19,3)4)17-5-7-33(8-6-17)22-28-9-16(10-29-22)24(25,26)27/h9-11,14,17,19H,5-8,12-13H2,1-4H3,(H2,31,32,35)/t14-,19+/m0/s1. The van der Waals surface area contributed by atoms with Gasteiger partial charge in [0.25, 0.3) is 11.5 Å². The van der Waals surface area contributed by atoms with Crippen LogP contribution in [0.3, 0.4) is 0 Å². The quantitative estimate of drug-likeness (QED) is 0.569. The van der Waals surface area contributed by atoms with Gasteiger partial charge in [-0.3, -0.25) is 9.59 Å². The van der Waals surface area contributed by atoms with Crippen molar-refractivity contribution >= 4 is 17.5 Å². The van der Waals surface area contributed by atoms with Gasteiger partial charge in [0.05, 0.1) is 24.1 Å². The van der Waals surface area contributed by atoms with Gasteiger partial charge in [-0.05, 0) is 26.7 Å². The Hall–Kier alpha value is -3.22. The van der Waals surface area contributed by atoms with Crippen molar-refractivity contribution in [3.63, 3.8) is 0 Å². The largest absolute Gasteiger partial charge is 0.419 e.